The maximum Gasteiger partial charge on any atom is 0.326 e. The number of nitrogens with zero attached hydrogens (tertiary/aromatic N) is 1. The first-order valence-corrected chi connectivity index (χ1v) is 7.43. The van der Waals surface area contributed by atoms with Gasteiger partial charge in [-0.15, -0.1) is 12.4 Å². The zero-order valence-electron chi connectivity index (χ0n) is 12.7. The Labute approximate surface area is 139 Å². The summed E-state index contributed by atoms with van der Waals surface area (Å²) in [4.78, 5) is 26.9. The Morgan fingerprint density at radius 2 is 2.04 bits per heavy atom. The molecule has 0 bridgehead atoms. The lowest BCUT2D eigenvalue weighted by molar-refractivity contribution is -0.129. The number of halogens is 1. The van der Waals surface area contributed by atoms with Crippen LogP contribution in [0.4, 0.5) is 0 Å². The van der Waals surface area contributed by atoms with Gasteiger partial charge in [-0.1, -0.05) is 12.1 Å². The fourth-order valence-electron chi connectivity index (χ4n) is 2.75. The average Bonchev–Trinajstić information content (AvgIpc) is 2.84. The molecular weight excluding hydrogens is 320 g/mol. The Morgan fingerprint density at radius 1 is 1.35 bits per heavy atom. The van der Waals surface area contributed by atoms with E-state index in [4.69, 9.17) is 10.5 Å². The summed E-state index contributed by atoms with van der Waals surface area (Å²) in [6.45, 7) is 1.78. The third-order valence-electron chi connectivity index (χ3n) is 4.14. The van der Waals surface area contributed by atoms with Gasteiger partial charge in [-0.25, -0.2) is 4.79 Å². The van der Waals surface area contributed by atoms with Crippen molar-refractivity contribution in [2.45, 2.75) is 24.9 Å². The molecule has 1 aliphatic heterocycles. The summed E-state index contributed by atoms with van der Waals surface area (Å²) in [7, 11) is 0. The van der Waals surface area contributed by atoms with E-state index in [1.807, 2.05) is 24.3 Å². The summed E-state index contributed by atoms with van der Waals surface area (Å²) >= 11 is 0. The van der Waals surface area contributed by atoms with Gasteiger partial charge < -0.3 is 20.8 Å². The van der Waals surface area contributed by atoms with Crippen molar-refractivity contribution >= 4 is 29.3 Å². The highest BCUT2D eigenvalue weighted by Crippen LogP contribution is 2.17. The fourth-order valence-corrected chi connectivity index (χ4v) is 2.75. The number of hydrogen-bond acceptors (Lipinski definition) is 4. The summed E-state index contributed by atoms with van der Waals surface area (Å²) < 4.78 is 6.85. The van der Waals surface area contributed by atoms with E-state index in [0.717, 1.165) is 11.0 Å². The van der Waals surface area contributed by atoms with Gasteiger partial charge in [0, 0.05) is 26.3 Å². The van der Waals surface area contributed by atoms with E-state index in [0.29, 0.717) is 39.1 Å². The molecule has 1 amide bonds. The highest BCUT2D eigenvalue weighted by Gasteiger charge is 2.35. The van der Waals surface area contributed by atoms with E-state index in [2.05, 4.69) is 10.3 Å². The molecule has 2 aromatic rings. The number of benzene rings is 1. The number of imidazole rings is 1. The van der Waals surface area contributed by atoms with Crippen molar-refractivity contribution in [3.05, 3.63) is 34.7 Å². The molecule has 8 heteroatoms. The Balaban J connectivity index is 0.00000192. The van der Waals surface area contributed by atoms with Crippen LogP contribution in [0.1, 0.15) is 12.8 Å². The van der Waals surface area contributed by atoms with Crippen LogP contribution in [0.2, 0.25) is 0 Å². The Kier molecular flexibility index (Phi) is 5.46. The second kappa shape index (κ2) is 7.16. The molecule has 0 saturated carbocycles. The first-order chi connectivity index (χ1) is 10.6. The molecule has 0 spiro atoms. The highest BCUT2D eigenvalue weighted by atomic mass is 35.5. The van der Waals surface area contributed by atoms with Crippen LogP contribution in [0, 0.1) is 0 Å². The number of rotatable bonds is 4. The van der Waals surface area contributed by atoms with Gasteiger partial charge in [-0.3, -0.25) is 9.36 Å². The molecule has 1 saturated heterocycles. The molecule has 3 rings (SSSR count). The number of H-pyrrole nitrogens is 1. The number of carbonyl (C=O) groups excluding carboxylic acids is 1. The quantitative estimate of drug-likeness (QED) is 0.748. The van der Waals surface area contributed by atoms with Gasteiger partial charge >= 0.3 is 5.69 Å². The van der Waals surface area contributed by atoms with Crippen molar-refractivity contribution in [3.63, 3.8) is 0 Å². The molecule has 1 aromatic carbocycles. The molecule has 1 aliphatic rings. The summed E-state index contributed by atoms with van der Waals surface area (Å²) in [5.74, 6) is -0.177. The van der Waals surface area contributed by atoms with Crippen molar-refractivity contribution in [2.24, 2.45) is 5.73 Å². The van der Waals surface area contributed by atoms with E-state index >= 15 is 0 Å². The molecule has 0 atom stereocenters. The number of amides is 1. The third kappa shape index (κ3) is 3.57. The number of aromatic nitrogens is 2. The molecule has 1 fully saturated rings. The van der Waals surface area contributed by atoms with Crippen LogP contribution in [0.5, 0.6) is 0 Å². The number of para-hydroxylation sites is 2. The maximum absolute atomic E-state index is 12.2. The number of nitrogens with one attached hydrogen (secondary N) is 2. The Hall–Kier alpha value is -1.83. The Morgan fingerprint density at radius 3 is 2.78 bits per heavy atom. The number of aromatic amines is 1. The van der Waals surface area contributed by atoms with Gasteiger partial charge in [0.2, 0.25) is 5.91 Å². The number of hydrogen-bond donors (Lipinski definition) is 3. The predicted octanol–water partition coefficient (Wildman–Crippen LogP) is 0.375. The minimum Gasteiger partial charge on any atom is -0.381 e. The second-order valence-electron chi connectivity index (χ2n) is 5.62. The number of fused-ring (bicyclic) bond motifs is 1. The number of carbonyl (C=O) groups is 1. The molecule has 1 aromatic heterocycles. The van der Waals surface area contributed by atoms with E-state index in [9.17, 15) is 9.59 Å². The van der Waals surface area contributed by atoms with Gasteiger partial charge in [-0.05, 0) is 25.0 Å². The average molecular weight is 341 g/mol. The van der Waals surface area contributed by atoms with Gasteiger partial charge in [0.1, 0.15) is 0 Å². The molecule has 0 radical (unpaired) electrons. The molecular formula is C15H21ClN4O3. The van der Waals surface area contributed by atoms with E-state index in [-0.39, 0.29) is 24.0 Å². The van der Waals surface area contributed by atoms with E-state index in [1.54, 1.807) is 4.57 Å². The normalized spacial score (nSPS) is 16.7. The van der Waals surface area contributed by atoms with Crippen LogP contribution < -0.4 is 16.7 Å². The highest BCUT2D eigenvalue weighted by molar-refractivity contribution is 5.86. The minimum atomic E-state index is -0.858. The minimum absolute atomic E-state index is 0. The molecule has 7 nitrogen and oxygen atoms in total. The number of ether oxygens (including phenoxy) is 1. The zero-order valence-corrected chi connectivity index (χ0v) is 13.5. The van der Waals surface area contributed by atoms with Gasteiger partial charge in [-0.2, -0.15) is 0 Å². The molecule has 23 heavy (non-hydrogen) atoms. The van der Waals surface area contributed by atoms with Crippen molar-refractivity contribution < 1.29 is 9.53 Å². The van der Waals surface area contributed by atoms with Crippen molar-refractivity contribution in [2.75, 3.05) is 19.8 Å². The lowest BCUT2D eigenvalue weighted by Gasteiger charge is -2.31. The van der Waals surface area contributed by atoms with Crippen LogP contribution in [0.3, 0.4) is 0 Å². The van der Waals surface area contributed by atoms with Gasteiger partial charge in [0.05, 0.1) is 16.6 Å². The summed E-state index contributed by atoms with van der Waals surface area (Å²) in [5, 5.41) is 2.83. The molecule has 2 heterocycles. The molecule has 4 N–H and O–H groups in total. The van der Waals surface area contributed by atoms with Crippen LogP contribution >= 0.6 is 12.4 Å². The van der Waals surface area contributed by atoms with Crippen LogP contribution in [0.15, 0.2) is 29.1 Å². The largest absolute Gasteiger partial charge is 0.381 e. The summed E-state index contributed by atoms with van der Waals surface area (Å²) in [6.07, 6.45) is 1.04. The summed E-state index contributed by atoms with van der Waals surface area (Å²) in [5.41, 5.74) is 6.70. The monoisotopic (exact) mass is 340 g/mol. The fraction of sp³-hybridized carbons (Fsp3) is 0.467. The first kappa shape index (κ1) is 17.5. The maximum atomic E-state index is 12.2. The molecule has 0 aliphatic carbocycles. The SMILES string of the molecule is Cl.NC1(C(=O)NCCn2c(=O)[nH]c3ccccc32)CCOCC1. The number of nitrogens with two attached hydrogens (primary N) is 1. The Bertz CT molecular complexity index is 734. The second-order valence-corrected chi connectivity index (χ2v) is 5.62. The zero-order chi connectivity index (χ0) is 15.6. The van der Waals surface area contributed by atoms with E-state index in [1.165, 1.54) is 0 Å². The smallest absolute Gasteiger partial charge is 0.326 e. The van der Waals surface area contributed by atoms with Crippen LogP contribution in [0.25, 0.3) is 11.0 Å². The van der Waals surface area contributed by atoms with Crippen molar-refractivity contribution in [3.8, 4) is 0 Å². The van der Waals surface area contributed by atoms with Crippen LogP contribution in [-0.2, 0) is 16.1 Å². The summed E-state index contributed by atoms with van der Waals surface area (Å²) in [6, 6.07) is 7.47. The third-order valence-corrected chi connectivity index (χ3v) is 4.14. The van der Waals surface area contributed by atoms with Gasteiger partial charge in [0.25, 0.3) is 0 Å². The lowest BCUT2D eigenvalue weighted by Crippen LogP contribution is -2.57. The predicted molar refractivity (Wildman–Crippen MR) is 89.8 cm³/mol. The molecule has 126 valence electrons. The standard InChI is InChI=1S/C15H20N4O3.ClH/c16-15(5-9-22-10-6-15)13(20)17-7-8-19-12-4-2-1-3-11(12)18-14(19)21;/h1-4H,5-10,16H2,(H,17,20)(H,18,21);1H. The topological polar surface area (TPSA) is 102 Å². The van der Waals surface area contributed by atoms with Crippen molar-refractivity contribution in [1.82, 2.24) is 14.9 Å². The van der Waals surface area contributed by atoms with Crippen LogP contribution in [-0.4, -0.2) is 40.8 Å². The van der Waals surface area contributed by atoms with Gasteiger partial charge in [0.15, 0.2) is 0 Å². The van der Waals surface area contributed by atoms with Crippen molar-refractivity contribution in [1.29, 1.82) is 0 Å². The lowest BCUT2D eigenvalue weighted by atomic mass is 9.90. The van der Waals surface area contributed by atoms with E-state index < -0.39 is 5.54 Å². The molecule has 0 unspecified atom stereocenters. The first-order valence-electron chi connectivity index (χ1n) is 7.43.